The van der Waals surface area contributed by atoms with Crippen LogP contribution in [0.25, 0.3) is 11.0 Å². The molecule has 1 aliphatic heterocycles. The van der Waals surface area contributed by atoms with E-state index in [9.17, 15) is 14.4 Å². The molecule has 0 aliphatic carbocycles. The summed E-state index contributed by atoms with van der Waals surface area (Å²) >= 11 is 0. The molecule has 0 saturated carbocycles. The maximum Gasteiger partial charge on any atom is 0.329 e. The topological polar surface area (TPSA) is 88.4 Å². The van der Waals surface area contributed by atoms with Crippen molar-refractivity contribution < 1.29 is 9.59 Å². The van der Waals surface area contributed by atoms with Gasteiger partial charge in [-0.05, 0) is 56.5 Å². The highest BCUT2D eigenvalue weighted by molar-refractivity contribution is 5.92. The number of imidazole rings is 1. The van der Waals surface area contributed by atoms with Gasteiger partial charge < -0.3 is 15.5 Å². The third-order valence-corrected chi connectivity index (χ3v) is 6.43. The van der Waals surface area contributed by atoms with E-state index in [4.69, 9.17) is 0 Å². The number of aryl methyl sites for hydroxylation is 2. The van der Waals surface area contributed by atoms with Gasteiger partial charge in [-0.15, -0.1) is 0 Å². The quantitative estimate of drug-likeness (QED) is 0.466. The number of nitrogens with one attached hydrogen (secondary N) is 2. The highest BCUT2D eigenvalue weighted by Gasteiger charge is 2.17. The molecule has 2 heterocycles. The summed E-state index contributed by atoms with van der Waals surface area (Å²) in [6.45, 7) is 6.89. The van der Waals surface area contributed by atoms with Crippen molar-refractivity contribution >= 4 is 34.2 Å². The molecule has 3 aromatic rings. The van der Waals surface area contributed by atoms with Gasteiger partial charge in [-0.1, -0.05) is 25.1 Å². The van der Waals surface area contributed by atoms with Gasteiger partial charge in [-0.3, -0.25) is 18.7 Å². The summed E-state index contributed by atoms with van der Waals surface area (Å²) in [5.74, 6) is -0.323. The van der Waals surface area contributed by atoms with Crippen LogP contribution in [0.1, 0.15) is 46.0 Å². The molecule has 1 atom stereocenters. The van der Waals surface area contributed by atoms with Gasteiger partial charge in [0.25, 0.3) is 0 Å². The zero-order valence-corrected chi connectivity index (χ0v) is 20.6. The van der Waals surface area contributed by atoms with Crippen LogP contribution in [0.15, 0.2) is 53.3 Å². The molecule has 0 spiro atoms. The molecule has 2 amide bonds. The standard InChI is InChI=1S/C27H35N5O3/c1-3-14-31-23-11-4-5-12-24(23)32(27(31)35)17-13-25(33)28-20(2)18-26(34)29-21-9-8-10-22(19-21)30-15-6-7-16-30/h4-5,8-12,19-20H,3,6-7,13-18H2,1-2H3,(H,28,33)(H,29,34). The lowest BCUT2D eigenvalue weighted by atomic mass is 10.2. The maximum absolute atomic E-state index is 12.9. The summed E-state index contributed by atoms with van der Waals surface area (Å²) in [5, 5.41) is 5.84. The molecule has 1 unspecified atom stereocenters. The molecule has 1 fully saturated rings. The third kappa shape index (κ3) is 5.93. The molecular weight excluding hydrogens is 442 g/mol. The van der Waals surface area contributed by atoms with Gasteiger partial charge in [0.2, 0.25) is 11.8 Å². The van der Waals surface area contributed by atoms with Crippen LogP contribution in [0, 0.1) is 0 Å². The van der Waals surface area contributed by atoms with Gasteiger partial charge in [0, 0.05) is 56.4 Å². The molecule has 2 aromatic carbocycles. The van der Waals surface area contributed by atoms with Crippen LogP contribution in [0.5, 0.6) is 0 Å². The van der Waals surface area contributed by atoms with Gasteiger partial charge in [0.15, 0.2) is 0 Å². The number of carbonyl (C=O) groups is 2. The van der Waals surface area contributed by atoms with Crippen LogP contribution in [-0.4, -0.2) is 40.1 Å². The Morgan fingerprint density at radius 2 is 1.63 bits per heavy atom. The largest absolute Gasteiger partial charge is 0.371 e. The van der Waals surface area contributed by atoms with E-state index in [0.717, 1.165) is 41.9 Å². The average molecular weight is 478 g/mol. The number of nitrogens with zero attached hydrogens (tertiary/aromatic N) is 3. The molecule has 8 nitrogen and oxygen atoms in total. The van der Waals surface area contributed by atoms with E-state index in [1.54, 1.807) is 9.13 Å². The summed E-state index contributed by atoms with van der Waals surface area (Å²) in [5.41, 5.74) is 3.52. The highest BCUT2D eigenvalue weighted by Crippen LogP contribution is 2.23. The van der Waals surface area contributed by atoms with E-state index >= 15 is 0 Å². The van der Waals surface area contributed by atoms with Crippen molar-refractivity contribution in [2.75, 3.05) is 23.3 Å². The number of benzene rings is 2. The van der Waals surface area contributed by atoms with Crippen molar-refractivity contribution in [3.05, 3.63) is 59.0 Å². The number of aromatic nitrogens is 2. The number of fused-ring (bicyclic) bond motifs is 1. The summed E-state index contributed by atoms with van der Waals surface area (Å²) < 4.78 is 3.42. The molecule has 4 rings (SSSR count). The minimum atomic E-state index is -0.317. The molecule has 2 N–H and O–H groups in total. The van der Waals surface area contributed by atoms with Crippen LogP contribution in [0.4, 0.5) is 11.4 Å². The lowest BCUT2D eigenvalue weighted by Gasteiger charge is -2.19. The Balaban J connectivity index is 1.29. The zero-order valence-electron chi connectivity index (χ0n) is 20.6. The molecule has 8 heteroatoms. The van der Waals surface area contributed by atoms with Crippen LogP contribution in [0.2, 0.25) is 0 Å². The number of hydrogen-bond donors (Lipinski definition) is 2. The first kappa shape index (κ1) is 24.6. The number of hydrogen-bond acceptors (Lipinski definition) is 4. The van der Waals surface area contributed by atoms with Crippen molar-refractivity contribution in [3.63, 3.8) is 0 Å². The minimum absolute atomic E-state index is 0.0931. The molecule has 1 aliphatic rings. The highest BCUT2D eigenvalue weighted by atomic mass is 16.2. The van der Waals surface area contributed by atoms with Crippen LogP contribution < -0.4 is 21.2 Å². The second-order valence-electron chi connectivity index (χ2n) is 9.29. The van der Waals surface area contributed by atoms with Gasteiger partial charge in [-0.25, -0.2) is 4.79 Å². The average Bonchev–Trinajstić information content (AvgIpc) is 3.46. The van der Waals surface area contributed by atoms with Gasteiger partial charge in [-0.2, -0.15) is 0 Å². The van der Waals surface area contributed by atoms with Crippen molar-refractivity contribution in [3.8, 4) is 0 Å². The monoisotopic (exact) mass is 477 g/mol. The SMILES string of the molecule is CCCn1c(=O)n(CCC(=O)NC(C)CC(=O)Nc2cccc(N3CCCC3)c2)c2ccccc21. The first-order valence-electron chi connectivity index (χ1n) is 12.6. The Kier molecular flexibility index (Phi) is 7.90. The van der Waals surface area contributed by atoms with E-state index in [1.807, 2.05) is 56.3 Å². The first-order chi connectivity index (χ1) is 17.0. The third-order valence-electron chi connectivity index (χ3n) is 6.43. The summed E-state index contributed by atoms with van der Waals surface area (Å²) in [7, 11) is 0. The Hall–Kier alpha value is -3.55. The van der Waals surface area contributed by atoms with E-state index in [2.05, 4.69) is 21.6 Å². The maximum atomic E-state index is 12.9. The summed E-state index contributed by atoms with van der Waals surface area (Å²) in [4.78, 5) is 40.3. The second-order valence-corrected chi connectivity index (χ2v) is 9.29. The van der Waals surface area contributed by atoms with Gasteiger partial charge >= 0.3 is 5.69 Å². The summed E-state index contributed by atoms with van der Waals surface area (Å²) in [6, 6.07) is 15.2. The number of rotatable bonds is 10. The van der Waals surface area contributed by atoms with Crippen molar-refractivity contribution in [1.82, 2.24) is 14.5 Å². The Morgan fingerprint density at radius 3 is 2.31 bits per heavy atom. The first-order valence-corrected chi connectivity index (χ1v) is 12.6. The molecule has 35 heavy (non-hydrogen) atoms. The van der Waals surface area contributed by atoms with Crippen molar-refractivity contribution in [1.29, 1.82) is 0 Å². The van der Waals surface area contributed by atoms with E-state index in [0.29, 0.717) is 13.1 Å². The Labute approximate surface area is 205 Å². The Bertz CT molecular complexity index is 1240. The van der Waals surface area contributed by atoms with Gasteiger partial charge in [0.1, 0.15) is 0 Å². The van der Waals surface area contributed by atoms with Crippen molar-refractivity contribution in [2.45, 2.75) is 65.1 Å². The summed E-state index contributed by atoms with van der Waals surface area (Å²) in [6.07, 6.45) is 3.60. The lowest BCUT2D eigenvalue weighted by molar-refractivity contribution is -0.122. The van der Waals surface area contributed by atoms with Crippen molar-refractivity contribution in [2.24, 2.45) is 0 Å². The molecule has 0 bridgehead atoms. The molecule has 186 valence electrons. The fraction of sp³-hybridized carbons (Fsp3) is 0.444. The molecule has 1 aromatic heterocycles. The minimum Gasteiger partial charge on any atom is -0.371 e. The zero-order chi connectivity index (χ0) is 24.8. The molecule has 0 radical (unpaired) electrons. The molecular formula is C27H35N5O3. The smallest absolute Gasteiger partial charge is 0.329 e. The van der Waals surface area contributed by atoms with Gasteiger partial charge in [0.05, 0.1) is 11.0 Å². The van der Waals surface area contributed by atoms with E-state index < -0.39 is 0 Å². The number of amides is 2. The predicted molar refractivity (Wildman–Crippen MR) is 140 cm³/mol. The lowest BCUT2D eigenvalue weighted by Crippen LogP contribution is -2.36. The Morgan fingerprint density at radius 1 is 0.943 bits per heavy atom. The molecule has 1 saturated heterocycles. The van der Waals surface area contributed by atoms with E-state index in [1.165, 1.54) is 12.8 Å². The van der Waals surface area contributed by atoms with Crippen LogP contribution >= 0.6 is 0 Å². The predicted octanol–water partition coefficient (Wildman–Crippen LogP) is 3.74. The second kappa shape index (κ2) is 11.3. The number of para-hydroxylation sites is 2. The van der Waals surface area contributed by atoms with Crippen LogP contribution in [-0.2, 0) is 22.7 Å². The van der Waals surface area contributed by atoms with E-state index in [-0.39, 0.29) is 36.4 Å². The fourth-order valence-electron chi connectivity index (χ4n) is 4.79. The normalized spacial score (nSPS) is 14.3. The van der Waals surface area contributed by atoms with Crippen LogP contribution in [0.3, 0.4) is 0 Å². The number of carbonyl (C=O) groups excluding carboxylic acids is 2. The number of anilines is 2. The fourth-order valence-corrected chi connectivity index (χ4v) is 4.79.